The molecule has 0 saturated carbocycles. The second-order valence-corrected chi connectivity index (χ2v) is 6.30. The molecule has 3 rings (SSSR count). The predicted molar refractivity (Wildman–Crippen MR) is 85.3 cm³/mol. The van der Waals surface area contributed by atoms with Crippen LogP contribution >= 0.6 is 0 Å². The fourth-order valence-corrected chi connectivity index (χ4v) is 3.10. The van der Waals surface area contributed by atoms with Crippen molar-refractivity contribution in [1.82, 2.24) is 0 Å². The molecule has 0 atom stereocenters. The van der Waals surface area contributed by atoms with E-state index in [0.29, 0.717) is 11.0 Å². The van der Waals surface area contributed by atoms with E-state index < -0.39 is 41.1 Å². The topological polar surface area (TPSA) is 57.6 Å². The minimum absolute atomic E-state index is 0.191. The van der Waals surface area contributed by atoms with E-state index in [4.69, 9.17) is 0 Å². The van der Waals surface area contributed by atoms with Crippen LogP contribution in [0.2, 0.25) is 0 Å². The Hall–Kier alpha value is -3.11. The van der Waals surface area contributed by atoms with Crippen molar-refractivity contribution < 1.29 is 45.4 Å². The van der Waals surface area contributed by atoms with Crippen molar-refractivity contribution in [3.63, 3.8) is 0 Å². The first kappa shape index (κ1) is 20.6. The number of amides is 2. The minimum Gasteiger partial charge on any atom is -0.507 e. The van der Waals surface area contributed by atoms with Gasteiger partial charge in [0.1, 0.15) is 5.75 Å². The lowest BCUT2D eigenvalue weighted by Crippen LogP contribution is -2.50. The van der Waals surface area contributed by atoms with Crippen LogP contribution in [0.3, 0.4) is 0 Å². The zero-order valence-electron chi connectivity index (χ0n) is 14.3. The number of hydrogen-bond acceptors (Lipinski definition) is 3. The molecular weight excluding hydrogens is 411 g/mol. The Kier molecular flexibility index (Phi) is 4.40. The summed E-state index contributed by atoms with van der Waals surface area (Å²) >= 11 is 0. The number of anilines is 1. The number of alkyl halides is 7. The highest BCUT2D eigenvalue weighted by Gasteiger charge is 2.73. The third-order valence-electron chi connectivity index (χ3n) is 4.51. The average Bonchev–Trinajstić information content (AvgIpc) is 2.84. The Bertz CT molecular complexity index is 1010. The van der Waals surface area contributed by atoms with Crippen LogP contribution in [0.25, 0.3) is 0 Å². The van der Waals surface area contributed by atoms with Crippen molar-refractivity contribution in [3.8, 4) is 5.75 Å². The summed E-state index contributed by atoms with van der Waals surface area (Å²) in [6.45, 7) is 1.02. The number of carbonyl (C=O) groups is 2. The first-order valence-corrected chi connectivity index (χ1v) is 7.86. The summed E-state index contributed by atoms with van der Waals surface area (Å²) in [5.41, 5.74) is -8.64. The van der Waals surface area contributed by atoms with E-state index >= 15 is 0 Å². The van der Waals surface area contributed by atoms with Crippen molar-refractivity contribution in [3.05, 3.63) is 58.7 Å². The first-order chi connectivity index (χ1) is 13.2. The minimum atomic E-state index is -6.29. The van der Waals surface area contributed by atoms with Gasteiger partial charge in [0.25, 0.3) is 11.8 Å². The van der Waals surface area contributed by atoms with Crippen molar-refractivity contribution in [2.24, 2.45) is 0 Å². The summed E-state index contributed by atoms with van der Waals surface area (Å²) in [5.74, 6) is -2.47. The Balaban J connectivity index is 2.12. The summed E-state index contributed by atoms with van der Waals surface area (Å²) in [6.07, 6.45) is -12.6. The van der Waals surface area contributed by atoms with Crippen molar-refractivity contribution >= 4 is 17.5 Å². The largest absolute Gasteiger partial charge is 0.507 e. The van der Waals surface area contributed by atoms with Gasteiger partial charge in [-0.25, -0.2) is 9.29 Å². The fraction of sp³-hybridized carbons (Fsp3) is 0.222. The molecule has 1 heterocycles. The number of rotatable bonds is 2. The van der Waals surface area contributed by atoms with Gasteiger partial charge in [0, 0.05) is 5.56 Å². The second-order valence-electron chi connectivity index (χ2n) is 6.30. The van der Waals surface area contributed by atoms with Crippen LogP contribution in [0.4, 0.5) is 36.4 Å². The maximum Gasteiger partial charge on any atom is 0.435 e. The van der Waals surface area contributed by atoms with Crippen LogP contribution in [-0.2, 0) is 5.67 Å². The third-order valence-corrected chi connectivity index (χ3v) is 4.51. The van der Waals surface area contributed by atoms with Gasteiger partial charge in [-0.15, -0.1) is 0 Å². The van der Waals surface area contributed by atoms with Gasteiger partial charge in [-0.3, -0.25) is 9.59 Å². The number of phenolic OH excluding ortho intramolecular Hbond substituents is 1. The van der Waals surface area contributed by atoms with Gasteiger partial charge in [-0.2, -0.15) is 26.3 Å². The Morgan fingerprint density at radius 2 is 1.45 bits per heavy atom. The second kappa shape index (κ2) is 6.19. The molecule has 0 unspecified atom stereocenters. The molecule has 0 bridgehead atoms. The molecule has 2 aromatic rings. The van der Waals surface area contributed by atoms with Crippen molar-refractivity contribution in [2.45, 2.75) is 24.9 Å². The number of nitrogens with zero attached hydrogens (tertiary/aromatic N) is 1. The molecule has 1 aliphatic rings. The maximum atomic E-state index is 14.2. The first-order valence-electron chi connectivity index (χ1n) is 7.86. The highest BCUT2D eigenvalue weighted by Crippen LogP contribution is 2.53. The summed E-state index contributed by atoms with van der Waals surface area (Å²) in [6, 6.07) is 4.75. The van der Waals surface area contributed by atoms with Gasteiger partial charge in [-0.1, -0.05) is 18.2 Å². The summed E-state index contributed by atoms with van der Waals surface area (Å²) in [7, 11) is 0. The third kappa shape index (κ3) is 2.83. The normalized spacial score (nSPS) is 15.1. The Morgan fingerprint density at radius 3 is 1.93 bits per heavy atom. The molecule has 0 radical (unpaired) electrons. The van der Waals surface area contributed by atoms with Gasteiger partial charge >= 0.3 is 18.0 Å². The summed E-state index contributed by atoms with van der Waals surface area (Å²) < 4.78 is 91.8. The number of aromatic hydroxyl groups is 1. The zero-order chi connectivity index (χ0) is 21.9. The highest BCUT2D eigenvalue weighted by atomic mass is 19.4. The van der Waals surface area contributed by atoms with E-state index in [1.54, 1.807) is 0 Å². The molecule has 11 heteroatoms. The molecule has 0 aromatic heterocycles. The molecule has 0 saturated heterocycles. The van der Waals surface area contributed by atoms with Crippen LogP contribution in [-0.4, -0.2) is 29.3 Å². The van der Waals surface area contributed by atoms with Crippen LogP contribution in [0.5, 0.6) is 5.75 Å². The van der Waals surface area contributed by atoms with Gasteiger partial charge < -0.3 is 5.11 Å². The van der Waals surface area contributed by atoms with Crippen LogP contribution in [0.15, 0.2) is 36.4 Å². The molecule has 1 aliphatic heterocycles. The molecule has 1 N–H and O–H groups in total. The van der Waals surface area contributed by atoms with E-state index in [1.165, 1.54) is 12.1 Å². The number of hydrogen-bond donors (Lipinski definition) is 1. The molecule has 2 amide bonds. The number of aryl methyl sites for hydroxylation is 1. The lowest BCUT2D eigenvalue weighted by molar-refractivity contribution is -0.348. The predicted octanol–water partition coefficient (Wildman–Crippen LogP) is 4.79. The smallest absolute Gasteiger partial charge is 0.435 e. The molecular formula is C18H10F7NO3. The van der Waals surface area contributed by atoms with E-state index in [-0.39, 0.29) is 34.5 Å². The van der Waals surface area contributed by atoms with Crippen LogP contribution < -0.4 is 4.90 Å². The van der Waals surface area contributed by atoms with E-state index in [9.17, 15) is 45.4 Å². The number of phenols is 1. The molecule has 2 aromatic carbocycles. The van der Waals surface area contributed by atoms with Crippen molar-refractivity contribution in [2.75, 3.05) is 4.90 Å². The van der Waals surface area contributed by atoms with Gasteiger partial charge in [-0.05, 0) is 30.7 Å². The number of fused-ring (bicyclic) bond motifs is 1. The number of imide groups is 1. The number of halogens is 7. The van der Waals surface area contributed by atoms with Gasteiger partial charge in [0.2, 0.25) is 0 Å². The van der Waals surface area contributed by atoms with E-state index in [2.05, 4.69) is 0 Å². The molecule has 29 heavy (non-hydrogen) atoms. The standard InChI is InChI=1S/C18H10F7NO3/c1-8-7-9(16(19,17(20,21)22)18(23,24)25)5-6-11(8)26-14(28)10-3-2-4-12(27)13(10)15(26)29/h2-7,27H,1H3. The Morgan fingerprint density at radius 1 is 0.862 bits per heavy atom. The summed E-state index contributed by atoms with van der Waals surface area (Å²) in [5, 5.41) is 9.78. The monoisotopic (exact) mass is 421 g/mol. The molecule has 154 valence electrons. The van der Waals surface area contributed by atoms with E-state index in [0.717, 1.165) is 13.0 Å². The molecule has 0 aliphatic carbocycles. The quantitative estimate of drug-likeness (QED) is 0.561. The maximum absolute atomic E-state index is 14.2. The molecule has 0 spiro atoms. The van der Waals surface area contributed by atoms with Crippen LogP contribution in [0.1, 0.15) is 31.8 Å². The highest BCUT2D eigenvalue weighted by molar-refractivity contribution is 6.35. The van der Waals surface area contributed by atoms with Gasteiger partial charge in [0.05, 0.1) is 16.8 Å². The van der Waals surface area contributed by atoms with Gasteiger partial charge in [0.15, 0.2) is 0 Å². The average molecular weight is 421 g/mol. The lowest BCUT2D eigenvalue weighted by Gasteiger charge is -2.31. The van der Waals surface area contributed by atoms with Crippen LogP contribution in [0, 0.1) is 6.92 Å². The SMILES string of the molecule is Cc1cc(C(F)(C(F)(F)F)C(F)(F)F)ccc1N1C(=O)c2cccc(O)c2C1=O. The number of benzene rings is 2. The lowest BCUT2D eigenvalue weighted by atomic mass is 9.92. The molecule has 4 nitrogen and oxygen atoms in total. The fourth-order valence-electron chi connectivity index (χ4n) is 3.10. The zero-order valence-corrected chi connectivity index (χ0v) is 14.3. The summed E-state index contributed by atoms with van der Waals surface area (Å²) in [4.78, 5) is 25.5. The van der Waals surface area contributed by atoms with E-state index in [1.807, 2.05) is 0 Å². The number of carbonyl (C=O) groups excluding carboxylic acids is 2. The van der Waals surface area contributed by atoms with Crippen molar-refractivity contribution in [1.29, 1.82) is 0 Å². The molecule has 0 fully saturated rings. The Labute approximate surface area is 158 Å².